The van der Waals surface area contributed by atoms with E-state index < -0.39 is 11.7 Å². The summed E-state index contributed by atoms with van der Waals surface area (Å²) in [5, 5.41) is 8.72. The van der Waals surface area contributed by atoms with Crippen molar-refractivity contribution in [3.63, 3.8) is 0 Å². The Balaban J connectivity index is 2.36. The molecule has 0 amide bonds. The predicted molar refractivity (Wildman–Crippen MR) is 37.0 cm³/mol. The molecule has 1 rings (SSSR count). The lowest BCUT2D eigenvalue weighted by molar-refractivity contribution is -0.144. The van der Waals surface area contributed by atoms with Gasteiger partial charge in [-0.2, -0.15) is 0 Å². The second kappa shape index (κ2) is 2.79. The molecule has 1 saturated heterocycles. The zero-order valence-electron chi connectivity index (χ0n) is 6.66. The Morgan fingerprint density at radius 1 is 1.82 bits per heavy atom. The van der Waals surface area contributed by atoms with Gasteiger partial charge in [-0.1, -0.05) is 0 Å². The van der Waals surface area contributed by atoms with Crippen LogP contribution in [0, 0.1) is 0 Å². The SMILES string of the molecule is CCOC(=O)[C@@H]1O[C@@]1(C)CO. The minimum absolute atomic E-state index is 0.142. The monoisotopic (exact) mass is 160 g/mol. The smallest absolute Gasteiger partial charge is 0.338 e. The first-order valence-corrected chi connectivity index (χ1v) is 3.59. The quantitative estimate of drug-likeness (QED) is 0.455. The fraction of sp³-hybridized carbons (Fsp3) is 0.857. The van der Waals surface area contributed by atoms with Gasteiger partial charge in [0.2, 0.25) is 0 Å². The van der Waals surface area contributed by atoms with Crippen LogP contribution in [-0.2, 0) is 14.3 Å². The number of aliphatic hydroxyl groups is 1. The second-order valence-corrected chi connectivity index (χ2v) is 2.72. The molecule has 1 aliphatic heterocycles. The van der Waals surface area contributed by atoms with E-state index in [2.05, 4.69) is 4.74 Å². The van der Waals surface area contributed by atoms with Gasteiger partial charge in [0.15, 0.2) is 6.10 Å². The van der Waals surface area contributed by atoms with Gasteiger partial charge < -0.3 is 14.6 Å². The molecule has 64 valence electrons. The van der Waals surface area contributed by atoms with Gasteiger partial charge in [0.05, 0.1) is 13.2 Å². The Bertz CT molecular complexity index is 168. The van der Waals surface area contributed by atoms with Crippen molar-refractivity contribution in [2.24, 2.45) is 0 Å². The molecular formula is C7H12O4. The third kappa shape index (κ3) is 1.52. The van der Waals surface area contributed by atoms with Crippen LogP contribution >= 0.6 is 0 Å². The van der Waals surface area contributed by atoms with E-state index >= 15 is 0 Å². The maximum absolute atomic E-state index is 10.9. The lowest BCUT2D eigenvalue weighted by Crippen LogP contribution is -2.23. The van der Waals surface area contributed by atoms with Gasteiger partial charge in [0.25, 0.3) is 0 Å². The number of aliphatic hydroxyl groups excluding tert-OH is 1. The molecule has 0 aliphatic carbocycles. The van der Waals surface area contributed by atoms with Crippen LogP contribution in [0.15, 0.2) is 0 Å². The summed E-state index contributed by atoms with van der Waals surface area (Å²) in [6, 6.07) is 0. The van der Waals surface area contributed by atoms with Crippen LogP contribution in [0.2, 0.25) is 0 Å². The Kier molecular flexibility index (Phi) is 2.15. The summed E-state index contributed by atoms with van der Waals surface area (Å²) in [7, 11) is 0. The normalized spacial score (nSPS) is 35.0. The van der Waals surface area contributed by atoms with Crippen LogP contribution < -0.4 is 0 Å². The molecule has 2 atom stereocenters. The first kappa shape index (κ1) is 8.49. The van der Waals surface area contributed by atoms with Crippen molar-refractivity contribution >= 4 is 5.97 Å². The van der Waals surface area contributed by atoms with Crippen LogP contribution in [0.25, 0.3) is 0 Å². The molecule has 0 radical (unpaired) electrons. The molecule has 11 heavy (non-hydrogen) atoms. The van der Waals surface area contributed by atoms with Gasteiger partial charge in [-0.25, -0.2) is 4.79 Å². The van der Waals surface area contributed by atoms with Gasteiger partial charge in [0.1, 0.15) is 5.60 Å². The molecule has 0 spiro atoms. The molecule has 0 aromatic carbocycles. The summed E-state index contributed by atoms with van der Waals surface area (Å²) < 4.78 is 9.63. The highest BCUT2D eigenvalue weighted by Gasteiger charge is 2.57. The molecule has 0 aromatic heterocycles. The summed E-state index contributed by atoms with van der Waals surface area (Å²) in [6.07, 6.45) is -0.563. The summed E-state index contributed by atoms with van der Waals surface area (Å²) in [6.45, 7) is 3.61. The third-order valence-electron chi connectivity index (χ3n) is 1.70. The molecule has 0 saturated carbocycles. The second-order valence-electron chi connectivity index (χ2n) is 2.72. The van der Waals surface area contributed by atoms with Crippen molar-refractivity contribution in [2.45, 2.75) is 25.6 Å². The molecule has 4 nitrogen and oxygen atoms in total. The molecule has 0 unspecified atom stereocenters. The van der Waals surface area contributed by atoms with E-state index in [1.54, 1.807) is 13.8 Å². The Hall–Kier alpha value is -0.610. The Morgan fingerprint density at radius 2 is 2.45 bits per heavy atom. The number of epoxide rings is 1. The predicted octanol–water partition coefficient (Wildman–Crippen LogP) is -0.301. The molecule has 1 N–H and O–H groups in total. The summed E-state index contributed by atoms with van der Waals surface area (Å²) in [5.74, 6) is -0.385. The lowest BCUT2D eigenvalue weighted by Gasteiger charge is -1.99. The van der Waals surface area contributed by atoms with Gasteiger partial charge in [-0.15, -0.1) is 0 Å². The number of carbonyl (C=O) groups is 1. The van der Waals surface area contributed by atoms with E-state index in [1.807, 2.05) is 0 Å². The zero-order chi connectivity index (χ0) is 8.48. The number of hydrogen-bond acceptors (Lipinski definition) is 4. The fourth-order valence-electron chi connectivity index (χ4n) is 0.871. The molecule has 4 heteroatoms. The van der Waals surface area contributed by atoms with E-state index in [4.69, 9.17) is 9.84 Å². The molecule has 0 bridgehead atoms. The number of ether oxygens (including phenoxy) is 2. The first-order chi connectivity index (χ1) is 5.14. The number of esters is 1. The lowest BCUT2D eigenvalue weighted by atomic mass is 10.1. The van der Waals surface area contributed by atoms with Gasteiger partial charge in [-0.3, -0.25) is 0 Å². The van der Waals surface area contributed by atoms with E-state index in [-0.39, 0.29) is 12.6 Å². The number of rotatable bonds is 3. The van der Waals surface area contributed by atoms with E-state index in [0.29, 0.717) is 6.61 Å². The highest BCUT2D eigenvalue weighted by Crippen LogP contribution is 2.36. The van der Waals surface area contributed by atoms with Gasteiger partial charge in [0, 0.05) is 0 Å². The maximum Gasteiger partial charge on any atom is 0.338 e. The summed E-state index contributed by atoms with van der Waals surface area (Å²) in [5.41, 5.74) is -0.688. The van der Waals surface area contributed by atoms with E-state index in [1.165, 1.54) is 0 Å². The number of carbonyl (C=O) groups excluding carboxylic acids is 1. The standard InChI is InChI=1S/C7H12O4/c1-3-10-6(9)5-7(2,4-8)11-5/h5,8H,3-4H2,1-2H3/t5-,7-/m0/s1. The van der Waals surface area contributed by atoms with Crippen molar-refractivity contribution in [2.75, 3.05) is 13.2 Å². The topological polar surface area (TPSA) is 59.1 Å². The van der Waals surface area contributed by atoms with Crippen molar-refractivity contribution in [3.8, 4) is 0 Å². The average molecular weight is 160 g/mol. The van der Waals surface area contributed by atoms with Gasteiger partial charge in [-0.05, 0) is 13.8 Å². The summed E-state index contributed by atoms with van der Waals surface area (Å²) in [4.78, 5) is 10.9. The maximum atomic E-state index is 10.9. The van der Waals surface area contributed by atoms with Crippen LogP contribution in [0.3, 0.4) is 0 Å². The van der Waals surface area contributed by atoms with Crippen LogP contribution in [0.4, 0.5) is 0 Å². The highest BCUT2D eigenvalue weighted by atomic mass is 16.7. The van der Waals surface area contributed by atoms with Crippen molar-refractivity contribution in [3.05, 3.63) is 0 Å². The third-order valence-corrected chi connectivity index (χ3v) is 1.70. The summed E-state index contributed by atoms with van der Waals surface area (Å²) >= 11 is 0. The minimum atomic E-state index is -0.688. The molecule has 1 aliphatic rings. The van der Waals surface area contributed by atoms with Crippen LogP contribution in [0.1, 0.15) is 13.8 Å². The Labute approximate surface area is 65.1 Å². The van der Waals surface area contributed by atoms with Crippen molar-refractivity contribution in [1.82, 2.24) is 0 Å². The largest absolute Gasteiger partial charge is 0.464 e. The van der Waals surface area contributed by atoms with Crippen LogP contribution in [0.5, 0.6) is 0 Å². The van der Waals surface area contributed by atoms with Gasteiger partial charge >= 0.3 is 5.97 Å². The zero-order valence-corrected chi connectivity index (χ0v) is 6.66. The average Bonchev–Trinajstić information content (AvgIpc) is 2.65. The highest BCUT2D eigenvalue weighted by molar-refractivity contribution is 5.79. The minimum Gasteiger partial charge on any atom is -0.464 e. The van der Waals surface area contributed by atoms with Crippen molar-refractivity contribution < 1.29 is 19.4 Å². The molecule has 1 heterocycles. The molecule has 1 fully saturated rings. The van der Waals surface area contributed by atoms with E-state index in [0.717, 1.165) is 0 Å². The number of hydrogen-bond donors (Lipinski definition) is 1. The fourth-order valence-corrected chi connectivity index (χ4v) is 0.871. The van der Waals surface area contributed by atoms with Crippen molar-refractivity contribution in [1.29, 1.82) is 0 Å². The van der Waals surface area contributed by atoms with Crippen LogP contribution in [-0.4, -0.2) is 36.0 Å². The molecule has 0 aromatic rings. The first-order valence-electron chi connectivity index (χ1n) is 3.59. The molecular weight excluding hydrogens is 148 g/mol. The van der Waals surface area contributed by atoms with E-state index in [9.17, 15) is 4.79 Å². The Morgan fingerprint density at radius 3 is 2.82 bits per heavy atom.